The Morgan fingerprint density at radius 2 is 2.04 bits per heavy atom. The molecule has 8 atom stereocenters. The molecule has 0 aromatic rings. The standard InChI is InChI=1S/C23H33NO4/c1-22-8-5-16(25)12-15(22)3-4-17-19(22)6-9-23(2,21(17)27)18(7-10-24)14-11-20(26)28-13-14/h11,15-19,21,25,27H,3-9,12-13H2,1-2H3/t15-,16+,17-,18-,19+,21+,22+,23-/m1/s1. The SMILES string of the molecule is C[C@]12CC[C@H](O)C[C@H]1CC[C@H]1[C@H](O)[C@@](C)([C@H](CC#N)C3=CC(=O)OC3)CC[C@@H]12. The maximum Gasteiger partial charge on any atom is 0.331 e. The lowest BCUT2D eigenvalue weighted by atomic mass is 9.45. The normalized spacial score (nSPS) is 46.6. The predicted molar refractivity (Wildman–Crippen MR) is 104 cm³/mol. The van der Waals surface area contributed by atoms with E-state index in [9.17, 15) is 20.3 Å². The van der Waals surface area contributed by atoms with Gasteiger partial charge in [-0.2, -0.15) is 5.26 Å². The molecular weight excluding hydrogens is 354 g/mol. The van der Waals surface area contributed by atoms with Crippen LogP contribution in [0.2, 0.25) is 0 Å². The van der Waals surface area contributed by atoms with Crippen LogP contribution in [0.15, 0.2) is 11.6 Å². The zero-order valence-corrected chi connectivity index (χ0v) is 17.1. The number of cyclic esters (lactones) is 1. The number of hydrogen-bond donors (Lipinski definition) is 2. The minimum absolute atomic E-state index is 0.140. The smallest absolute Gasteiger partial charge is 0.331 e. The van der Waals surface area contributed by atoms with Crippen molar-refractivity contribution in [3.63, 3.8) is 0 Å². The summed E-state index contributed by atoms with van der Waals surface area (Å²) < 4.78 is 5.12. The van der Waals surface area contributed by atoms with Gasteiger partial charge in [-0.15, -0.1) is 0 Å². The van der Waals surface area contributed by atoms with Crippen molar-refractivity contribution in [1.82, 2.24) is 0 Å². The average molecular weight is 388 g/mol. The summed E-state index contributed by atoms with van der Waals surface area (Å²) in [6, 6.07) is 2.29. The molecule has 0 saturated heterocycles. The largest absolute Gasteiger partial charge is 0.458 e. The van der Waals surface area contributed by atoms with E-state index in [0.29, 0.717) is 18.3 Å². The molecule has 0 bridgehead atoms. The number of nitriles is 1. The third-order valence-electron chi connectivity index (χ3n) is 9.02. The fraction of sp³-hybridized carbons (Fsp3) is 0.826. The molecule has 0 spiro atoms. The van der Waals surface area contributed by atoms with Crippen molar-refractivity contribution in [2.75, 3.05) is 6.61 Å². The van der Waals surface area contributed by atoms with E-state index in [1.807, 2.05) is 0 Å². The van der Waals surface area contributed by atoms with Crippen molar-refractivity contribution < 1.29 is 19.7 Å². The summed E-state index contributed by atoms with van der Waals surface area (Å²) in [6.45, 7) is 4.74. The Balaban J connectivity index is 1.61. The fourth-order valence-corrected chi connectivity index (χ4v) is 7.29. The molecule has 3 saturated carbocycles. The summed E-state index contributed by atoms with van der Waals surface area (Å²) in [6.07, 6.45) is 7.96. The highest BCUT2D eigenvalue weighted by molar-refractivity contribution is 5.85. The first-order chi connectivity index (χ1) is 13.3. The second kappa shape index (κ2) is 7.15. The number of aliphatic hydroxyl groups is 2. The Hall–Kier alpha value is -1.38. The minimum atomic E-state index is -0.481. The average Bonchev–Trinajstić information content (AvgIpc) is 3.09. The quantitative estimate of drug-likeness (QED) is 0.725. The van der Waals surface area contributed by atoms with Crippen LogP contribution in [0.1, 0.15) is 65.2 Å². The van der Waals surface area contributed by atoms with Gasteiger partial charge in [0.2, 0.25) is 0 Å². The number of hydrogen-bond acceptors (Lipinski definition) is 5. The molecule has 0 radical (unpaired) electrons. The molecule has 1 heterocycles. The molecule has 0 aromatic carbocycles. The monoisotopic (exact) mass is 387 g/mol. The Kier molecular flexibility index (Phi) is 5.08. The second-order valence-electron chi connectivity index (χ2n) is 10.2. The van der Waals surface area contributed by atoms with Gasteiger partial charge in [-0.1, -0.05) is 13.8 Å². The van der Waals surface area contributed by atoms with Gasteiger partial charge in [0.1, 0.15) is 6.61 Å². The maximum absolute atomic E-state index is 11.6. The van der Waals surface area contributed by atoms with E-state index in [0.717, 1.165) is 50.5 Å². The molecule has 4 aliphatic rings. The zero-order chi connectivity index (χ0) is 20.1. The van der Waals surface area contributed by atoms with Gasteiger partial charge < -0.3 is 14.9 Å². The third-order valence-corrected chi connectivity index (χ3v) is 9.02. The first-order valence-corrected chi connectivity index (χ1v) is 10.9. The van der Waals surface area contributed by atoms with Crippen molar-refractivity contribution >= 4 is 5.97 Å². The molecule has 0 aromatic heterocycles. The zero-order valence-electron chi connectivity index (χ0n) is 17.1. The van der Waals surface area contributed by atoms with Crippen molar-refractivity contribution in [3.05, 3.63) is 11.6 Å². The van der Waals surface area contributed by atoms with Gasteiger partial charge in [0.15, 0.2) is 0 Å². The van der Waals surface area contributed by atoms with Crippen LogP contribution in [0.25, 0.3) is 0 Å². The lowest BCUT2D eigenvalue weighted by Gasteiger charge is -2.61. The van der Waals surface area contributed by atoms with E-state index < -0.39 is 11.5 Å². The van der Waals surface area contributed by atoms with Crippen LogP contribution in [-0.4, -0.2) is 35.0 Å². The Morgan fingerprint density at radius 3 is 2.71 bits per heavy atom. The number of ether oxygens (including phenoxy) is 1. The third kappa shape index (κ3) is 3.00. The van der Waals surface area contributed by atoms with Crippen LogP contribution in [-0.2, 0) is 9.53 Å². The van der Waals surface area contributed by atoms with E-state index in [1.165, 1.54) is 6.08 Å². The molecule has 0 amide bonds. The van der Waals surface area contributed by atoms with E-state index >= 15 is 0 Å². The topological polar surface area (TPSA) is 90.5 Å². The lowest BCUT2D eigenvalue weighted by Crippen LogP contribution is -2.58. The van der Waals surface area contributed by atoms with Gasteiger partial charge in [0, 0.05) is 23.8 Å². The molecule has 5 nitrogen and oxygen atoms in total. The van der Waals surface area contributed by atoms with E-state index in [1.54, 1.807) is 0 Å². The summed E-state index contributed by atoms with van der Waals surface area (Å²) >= 11 is 0. The van der Waals surface area contributed by atoms with Crippen molar-refractivity contribution in [3.8, 4) is 6.07 Å². The first kappa shape index (κ1) is 19.9. The van der Waals surface area contributed by atoms with Crippen LogP contribution in [0.3, 0.4) is 0 Å². The molecular formula is C23H33NO4. The highest BCUT2D eigenvalue weighted by atomic mass is 16.5. The highest BCUT2D eigenvalue weighted by Gasteiger charge is 2.58. The summed E-state index contributed by atoms with van der Waals surface area (Å²) in [4.78, 5) is 11.6. The first-order valence-electron chi connectivity index (χ1n) is 10.9. The van der Waals surface area contributed by atoms with Crippen molar-refractivity contribution in [2.24, 2.45) is 34.5 Å². The van der Waals surface area contributed by atoms with Crippen LogP contribution in [0, 0.1) is 45.8 Å². The number of fused-ring (bicyclic) bond motifs is 3. The van der Waals surface area contributed by atoms with Crippen molar-refractivity contribution in [1.29, 1.82) is 5.26 Å². The van der Waals surface area contributed by atoms with Gasteiger partial charge in [-0.25, -0.2) is 4.79 Å². The second-order valence-corrected chi connectivity index (χ2v) is 10.2. The summed E-state index contributed by atoms with van der Waals surface area (Å²) in [5, 5.41) is 31.2. The van der Waals surface area contributed by atoms with E-state index in [2.05, 4.69) is 19.9 Å². The number of carbonyl (C=O) groups is 1. The van der Waals surface area contributed by atoms with Gasteiger partial charge in [0.25, 0.3) is 0 Å². The minimum Gasteiger partial charge on any atom is -0.458 e. The van der Waals surface area contributed by atoms with Crippen LogP contribution < -0.4 is 0 Å². The predicted octanol–water partition coefficient (Wildman–Crippen LogP) is 3.35. The number of rotatable bonds is 3. The summed E-state index contributed by atoms with van der Waals surface area (Å²) in [5.41, 5.74) is 0.654. The molecule has 4 rings (SSSR count). The molecule has 3 fully saturated rings. The Labute approximate surface area is 167 Å². The Morgan fingerprint density at radius 1 is 1.25 bits per heavy atom. The van der Waals surface area contributed by atoms with Gasteiger partial charge in [0.05, 0.1) is 18.3 Å². The molecule has 2 N–H and O–H groups in total. The van der Waals surface area contributed by atoms with E-state index in [4.69, 9.17) is 4.74 Å². The maximum atomic E-state index is 11.6. The number of esters is 1. The summed E-state index contributed by atoms with van der Waals surface area (Å²) in [5.74, 6) is 0.777. The lowest BCUT2D eigenvalue weighted by molar-refractivity contribution is -0.165. The van der Waals surface area contributed by atoms with Crippen LogP contribution >= 0.6 is 0 Å². The molecule has 154 valence electrons. The molecule has 1 aliphatic heterocycles. The fourth-order valence-electron chi connectivity index (χ4n) is 7.29. The molecule has 3 aliphatic carbocycles. The van der Waals surface area contributed by atoms with Gasteiger partial charge in [-0.05, 0) is 73.7 Å². The molecule has 28 heavy (non-hydrogen) atoms. The van der Waals surface area contributed by atoms with Gasteiger partial charge >= 0.3 is 5.97 Å². The van der Waals surface area contributed by atoms with Crippen LogP contribution in [0.5, 0.6) is 0 Å². The molecule has 5 heteroatoms. The van der Waals surface area contributed by atoms with Gasteiger partial charge in [-0.3, -0.25) is 0 Å². The number of aliphatic hydroxyl groups excluding tert-OH is 2. The Bertz CT molecular complexity index is 712. The number of nitrogens with zero attached hydrogens (tertiary/aromatic N) is 1. The number of carbonyl (C=O) groups excluding carboxylic acids is 1. The summed E-state index contributed by atoms with van der Waals surface area (Å²) in [7, 11) is 0. The van der Waals surface area contributed by atoms with Crippen LogP contribution in [0.4, 0.5) is 0 Å². The highest BCUT2D eigenvalue weighted by Crippen LogP contribution is 2.63. The van der Waals surface area contributed by atoms with Crippen molar-refractivity contribution in [2.45, 2.75) is 77.4 Å². The molecule has 0 unspecified atom stereocenters. The van der Waals surface area contributed by atoms with E-state index in [-0.39, 0.29) is 35.9 Å².